The van der Waals surface area contributed by atoms with Gasteiger partial charge >= 0.3 is 0 Å². The lowest BCUT2D eigenvalue weighted by Crippen LogP contribution is -2.21. The lowest BCUT2D eigenvalue weighted by molar-refractivity contribution is 0.0513. The normalized spacial score (nSPS) is 18.1. The molecule has 1 fully saturated rings. The minimum absolute atomic E-state index is 0.343. The van der Waals surface area contributed by atoms with Gasteiger partial charge in [-0.05, 0) is 28.8 Å². The zero-order valence-electron chi connectivity index (χ0n) is 8.69. The SMILES string of the molecule is COC[C@@H](O)Cn1cc(Br)c(C2CC2)n1. The molecular formula is C10H15BrN2O2. The zero-order chi connectivity index (χ0) is 10.8. The molecule has 1 atom stereocenters. The molecule has 1 N–H and O–H groups in total. The van der Waals surface area contributed by atoms with E-state index in [1.54, 1.807) is 11.8 Å². The van der Waals surface area contributed by atoms with E-state index in [0.717, 1.165) is 10.2 Å². The second-order valence-corrected chi connectivity index (χ2v) is 4.82. The van der Waals surface area contributed by atoms with Crippen LogP contribution < -0.4 is 0 Å². The molecule has 1 aliphatic rings. The molecule has 0 unspecified atom stereocenters. The molecule has 5 heteroatoms. The van der Waals surface area contributed by atoms with Gasteiger partial charge in [0.2, 0.25) is 0 Å². The van der Waals surface area contributed by atoms with Crippen molar-refractivity contribution in [1.82, 2.24) is 9.78 Å². The van der Waals surface area contributed by atoms with Crippen molar-refractivity contribution >= 4 is 15.9 Å². The number of ether oxygens (including phenoxy) is 1. The Hall–Kier alpha value is -0.390. The monoisotopic (exact) mass is 274 g/mol. The first-order valence-corrected chi connectivity index (χ1v) is 5.90. The van der Waals surface area contributed by atoms with Crippen LogP contribution >= 0.6 is 15.9 Å². The second-order valence-electron chi connectivity index (χ2n) is 3.97. The minimum atomic E-state index is -0.492. The summed E-state index contributed by atoms with van der Waals surface area (Å²) in [5.74, 6) is 0.625. The number of aromatic nitrogens is 2. The molecule has 0 radical (unpaired) electrons. The molecule has 0 aromatic carbocycles. The molecule has 84 valence electrons. The van der Waals surface area contributed by atoms with Crippen LogP contribution in [0.25, 0.3) is 0 Å². The Morgan fingerprint density at radius 1 is 1.73 bits per heavy atom. The first-order chi connectivity index (χ1) is 7.20. The highest BCUT2D eigenvalue weighted by Crippen LogP contribution is 2.42. The summed E-state index contributed by atoms with van der Waals surface area (Å²) in [5, 5.41) is 14.0. The summed E-state index contributed by atoms with van der Waals surface area (Å²) >= 11 is 3.49. The van der Waals surface area contributed by atoms with E-state index in [1.807, 2.05) is 6.20 Å². The molecule has 0 aliphatic heterocycles. The molecule has 0 amide bonds. The van der Waals surface area contributed by atoms with Gasteiger partial charge in [-0.1, -0.05) is 0 Å². The number of hydrogen-bond acceptors (Lipinski definition) is 3. The van der Waals surface area contributed by atoms with E-state index < -0.39 is 6.10 Å². The van der Waals surface area contributed by atoms with Gasteiger partial charge in [-0.15, -0.1) is 0 Å². The van der Waals surface area contributed by atoms with Crippen LogP contribution in [-0.4, -0.2) is 34.7 Å². The average molecular weight is 275 g/mol. The standard InChI is InChI=1S/C10H15BrN2O2/c1-15-6-8(14)4-13-5-9(11)10(12-13)7-2-3-7/h5,7-8,14H,2-4,6H2,1H3/t8-/m0/s1. The van der Waals surface area contributed by atoms with Crippen molar-refractivity contribution in [3.8, 4) is 0 Å². The van der Waals surface area contributed by atoms with Crippen molar-refractivity contribution in [2.24, 2.45) is 0 Å². The number of rotatable bonds is 5. The van der Waals surface area contributed by atoms with E-state index in [0.29, 0.717) is 19.1 Å². The number of aliphatic hydroxyl groups is 1. The lowest BCUT2D eigenvalue weighted by Gasteiger charge is -2.08. The van der Waals surface area contributed by atoms with Crippen molar-refractivity contribution in [1.29, 1.82) is 0 Å². The van der Waals surface area contributed by atoms with Crippen LogP contribution in [0.15, 0.2) is 10.7 Å². The summed E-state index contributed by atoms with van der Waals surface area (Å²) in [5.41, 5.74) is 1.12. The van der Waals surface area contributed by atoms with Crippen molar-refractivity contribution in [3.05, 3.63) is 16.4 Å². The van der Waals surface area contributed by atoms with Crippen LogP contribution in [0.3, 0.4) is 0 Å². The van der Waals surface area contributed by atoms with Crippen molar-refractivity contribution in [3.63, 3.8) is 0 Å². The molecule has 0 bridgehead atoms. The quantitative estimate of drug-likeness (QED) is 0.886. The highest BCUT2D eigenvalue weighted by atomic mass is 79.9. The molecule has 15 heavy (non-hydrogen) atoms. The van der Waals surface area contributed by atoms with Gasteiger partial charge in [0.15, 0.2) is 0 Å². The summed E-state index contributed by atoms with van der Waals surface area (Å²) in [6.45, 7) is 0.829. The maximum atomic E-state index is 9.56. The summed E-state index contributed by atoms with van der Waals surface area (Å²) in [7, 11) is 1.58. The fraction of sp³-hybridized carbons (Fsp3) is 0.700. The molecule has 0 spiro atoms. The zero-order valence-corrected chi connectivity index (χ0v) is 10.3. The van der Waals surface area contributed by atoms with Crippen LogP contribution in [0.4, 0.5) is 0 Å². The lowest BCUT2D eigenvalue weighted by atomic mass is 10.3. The van der Waals surface area contributed by atoms with E-state index in [1.165, 1.54) is 12.8 Å². The van der Waals surface area contributed by atoms with E-state index >= 15 is 0 Å². The number of hydrogen-bond donors (Lipinski definition) is 1. The van der Waals surface area contributed by atoms with E-state index in [2.05, 4.69) is 21.0 Å². The van der Waals surface area contributed by atoms with E-state index in [4.69, 9.17) is 4.74 Å². The third-order valence-corrected chi connectivity index (χ3v) is 3.08. The summed E-state index contributed by atoms with van der Waals surface area (Å²) in [6, 6.07) is 0. The molecule has 1 aliphatic carbocycles. The number of aliphatic hydroxyl groups excluding tert-OH is 1. The van der Waals surface area contributed by atoms with Crippen LogP contribution in [-0.2, 0) is 11.3 Å². The van der Waals surface area contributed by atoms with Crippen molar-refractivity contribution in [2.45, 2.75) is 31.4 Å². The van der Waals surface area contributed by atoms with Crippen LogP contribution in [0.5, 0.6) is 0 Å². The van der Waals surface area contributed by atoms with Crippen molar-refractivity contribution < 1.29 is 9.84 Å². The number of methoxy groups -OCH3 is 1. The predicted molar refractivity (Wildman–Crippen MR) is 59.8 cm³/mol. The molecule has 1 saturated carbocycles. The molecule has 0 saturated heterocycles. The Morgan fingerprint density at radius 3 is 3.07 bits per heavy atom. The van der Waals surface area contributed by atoms with Crippen molar-refractivity contribution in [2.75, 3.05) is 13.7 Å². The van der Waals surface area contributed by atoms with Gasteiger partial charge in [0.05, 0.1) is 29.4 Å². The van der Waals surface area contributed by atoms with Crippen LogP contribution in [0.2, 0.25) is 0 Å². The Bertz CT molecular complexity index is 336. The van der Waals surface area contributed by atoms with Gasteiger partial charge < -0.3 is 9.84 Å². The third-order valence-electron chi connectivity index (χ3n) is 2.46. The smallest absolute Gasteiger partial charge is 0.0968 e. The van der Waals surface area contributed by atoms with Gasteiger partial charge in [-0.25, -0.2) is 0 Å². The van der Waals surface area contributed by atoms with Gasteiger partial charge in [0, 0.05) is 19.2 Å². The second kappa shape index (κ2) is 4.63. The molecule has 2 rings (SSSR count). The summed E-state index contributed by atoms with van der Waals surface area (Å²) < 4.78 is 7.70. The van der Waals surface area contributed by atoms with E-state index in [9.17, 15) is 5.11 Å². The van der Waals surface area contributed by atoms with Crippen LogP contribution in [0, 0.1) is 0 Å². The molecule has 4 nitrogen and oxygen atoms in total. The first kappa shape index (κ1) is 11.1. The molecule has 1 aromatic rings. The Balaban J connectivity index is 1.99. The van der Waals surface area contributed by atoms with Gasteiger partial charge in [-0.2, -0.15) is 5.10 Å². The maximum absolute atomic E-state index is 9.56. The third kappa shape index (κ3) is 2.80. The van der Waals surface area contributed by atoms with Gasteiger partial charge in [-0.3, -0.25) is 4.68 Å². The molecule has 1 heterocycles. The Morgan fingerprint density at radius 2 is 2.47 bits per heavy atom. The number of nitrogens with zero attached hydrogens (tertiary/aromatic N) is 2. The summed E-state index contributed by atoms with van der Waals surface area (Å²) in [6.07, 6.45) is 3.90. The maximum Gasteiger partial charge on any atom is 0.0968 e. The van der Waals surface area contributed by atoms with Gasteiger partial charge in [0.25, 0.3) is 0 Å². The Labute approximate surface area is 97.4 Å². The number of halogens is 1. The predicted octanol–water partition coefficient (Wildman–Crippen LogP) is 1.53. The highest BCUT2D eigenvalue weighted by Gasteiger charge is 2.28. The molecule has 1 aromatic heterocycles. The van der Waals surface area contributed by atoms with Crippen LogP contribution in [0.1, 0.15) is 24.5 Å². The summed E-state index contributed by atoms with van der Waals surface area (Å²) in [4.78, 5) is 0. The Kier molecular flexibility index (Phi) is 3.43. The largest absolute Gasteiger partial charge is 0.389 e. The fourth-order valence-electron chi connectivity index (χ4n) is 1.60. The average Bonchev–Trinajstić information content (AvgIpc) is 2.93. The fourth-order valence-corrected chi connectivity index (χ4v) is 2.24. The van der Waals surface area contributed by atoms with Gasteiger partial charge in [0.1, 0.15) is 0 Å². The molecular weight excluding hydrogens is 260 g/mol. The highest BCUT2D eigenvalue weighted by molar-refractivity contribution is 9.10. The first-order valence-electron chi connectivity index (χ1n) is 5.10. The topological polar surface area (TPSA) is 47.3 Å². The minimum Gasteiger partial charge on any atom is -0.389 e. The van der Waals surface area contributed by atoms with E-state index in [-0.39, 0.29) is 0 Å².